The number of halogens is 3. The maximum Gasteiger partial charge on any atom is 0.416 e. The molecule has 6 nitrogen and oxygen atoms in total. The average molecular weight is 429 g/mol. The van der Waals surface area contributed by atoms with Gasteiger partial charge in [0.15, 0.2) is 11.5 Å². The number of fused-ring (bicyclic) bond motifs is 1. The monoisotopic (exact) mass is 429 g/mol. The number of thioether (sulfide) groups is 1. The molecule has 152 valence electrons. The van der Waals surface area contributed by atoms with Gasteiger partial charge in [0.25, 0.3) is 0 Å². The van der Waals surface area contributed by atoms with Crippen LogP contribution >= 0.6 is 11.8 Å². The zero-order valence-corrected chi connectivity index (χ0v) is 16.1. The Morgan fingerprint density at radius 3 is 2.40 bits per heavy atom. The lowest BCUT2D eigenvalue weighted by Gasteiger charge is -2.08. The highest BCUT2D eigenvalue weighted by atomic mass is 32.2. The lowest BCUT2D eigenvalue weighted by molar-refractivity contribution is -0.137. The van der Waals surface area contributed by atoms with Crippen LogP contribution in [-0.4, -0.2) is 31.5 Å². The summed E-state index contributed by atoms with van der Waals surface area (Å²) in [6.07, 6.45) is -4.41. The molecule has 2 heterocycles. The highest BCUT2D eigenvalue weighted by Gasteiger charge is 2.30. The first-order chi connectivity index (χ1) is 14.4. The molecular weight excluding hydrogens is 415 g/mol. The molecule has 0 saturated heterocycles. The third kappa shape index (κ3) is 4.43. The number of amides is 1. The second kappa shape index (κ2) is 8.15. The van der Waals surface area contributed by atoms with E-state index in [0.29, 0.717) is 22.2 Å². The number of nitrogens with one attached hydrogen (secondary N) is 1. The van der Waals surface area contributed by atoms with Crippen molar-refractivity contribution >= 4 is 29.0 Å². The number of hydrogen-bond donors (Lipinski definition) is 1. The summed E-state index contributed by atoms with van der Waals surface area (Å²) in [5, 5.41) is 15.9. The van der Waals surface area contributed by atoms with Crippen molar-refractivity contribution in [2.45, 2.75) is 11.2 Å². The molecule has 0 radical (unpaired) electrons. The van der Waals surface area contributed by atoms with Gasteiger partial charge in [0.2, 0.25) is 5.91 Å². The molecule has 0 atom stereocenters. The molecule has 0 aliphatic carbocycles. The molecule has 2 aromatic heterocycles. The number of hydrogen-bond acceptors (Lipinski definition) is 5. The van der Waals surface area contributed by atoms with Crippen molar-refractivity contribution in [3.05, 3.63) is 72.3 Å². The first-order valence-corrected chi connectivity index (χ1v) is 9.76. The normalized spacial score (nSPS) is 11.6. The standard InChI is InChI=1S/C20H14F3N5OS/c21-20(22,23)14-6-8-15(9-7-14)24-17(29)12-30-18-11-10-16-25-26-19(28(16)27-18)13-4-2-1-3-5-13/h1-11H,12H2,(H,24,29). The van der Waals surface area contributed by atoms with Gasteiger partial charge in [-0.25, -0.2) is 0 Å². The number of alkyl halides is 3. The zero-order valence-electron chi connectivity index (χ0n) is 15.3. The first-order valence-electron chi connectivity index (χ1n) is 8.78. The highest BCUT2D eigenvalue weighted by Crippen LogP contribution is 2.30. The van der Waals surface area contributed by atoms with Gasteiger partial charge in [-0.2, -0.15) is 22.8 Å². The van der Waals surface area contributed by atoms with Crippen LogP contribution in [0.25, 0.3) is 17.0 Å². The Hall–Kier alpha value is -3.40. The summed E-state index contributed by atoms with van der Waals surface area (Å²) in [5.41, 5.74) is 0.963. The summed E-state index contributed by atoms with van der Waals surface area (Å²) in [6.45, 7) is 0. The Morgan fingerprint density at radius 1 is 0.967 bits per heavy atom. The van der Waals surface area contributed by atoms with E-state index >= 15 is 0 Å². The first kappa shape index (κ1) is 19.9. The second-order valence-corrected chi connectivity index (χ2v) is 7.24. The Morgan fingerprint density at radius 2 is 1.70 bits per heavy atom. The minimum Gasteiger partial charge on any atom is -0.325 e. The number of anilines is 1. The van der Waals surface area contributed by atoms with Crippen LogP contribution in [0, 0.1) is 0 Å². The van der Waals surface area contributed by atoms with E-state index in [-0.39, 0.29) is 11.7 Å². The molecule has 1 N–H and O–H groups in total. The summed E-state index contributed by atoms with van der Waals surface area (Å²) in [7, 11) is 0. The smallest absolute Gasteiger partial charge is 0.325 e. The van der Waals surface area contributed by atoms with E-state index in [0.717, 1.165) is 17.7 Å². The van der Waals surface area contributed by atoms with Gasteiger partial charge in [-0.3, -0.25) is 4.79 Å². The molecular formula is C20H14F3N5OS. The van der Waals surface area contributed by atoms with Crippen molar-refractivity contribution in [1.29, 1.82) is 0 Å². The molecule has 0 bridgehead atoms. The van der Waals surface area contributed by atoms with Gasteiger partial charge >= 0.3 is 6.18 Å². The number of carbonyl (C=O) groups excluding carboxylic acids is 1. The van der Waals surface area contributed by atoms with Crippen LogP contribution < -0.4 is 5.32 Å². The summed E-state index contributed by atoms with van der Waals surface area (Å²) >= 11 is 1.20. The van der Waals surface area contributed by atoms with E-state index in [4.69, 9.17) is 0 Å². The minimum atomic E-state index is -4.41. The summed E-state index contributed by atoms with van der Waals surface area (Å²) in [4.78, 5) is 12.2. The fourth-order valence-electron chi connectivity index (χ4n) is 2.70. The van der Waals surface area contributed by atoms with Crippen molar-refractivity contribution in [2.75, 3.05) is 11.1 Å². The summed E-state index contributed by atoms with van der Waals surface area (Å²) in [5.74, 6) is 0.276. The molecule has 0 fully saturated rings. The minimum absolute atomic E-state index is 0.0440. The molecule has 0 aliphatic heterocycles. The van der Waals surface area contributed by atoms with Crippen molar-refractivity contribution in [1.82, 2.24) is 19.8 Å². The molecule has 0 saturated carbocycles. The number of rotatable bonds is 5. The van der Waals surface area contributed by atoms with Crippen LogP contribution in [0.15, 0.2) is 71.8 Å². The SMILES string of the molecule is O=C(CSc1ccc2nnc(-c3ccccc3)n2n1)Nc1ccc(C(F)(F)F)cc1. The van der Waals surface area contributed by atoms with Crippen molar-refractivity contribution in [2.24, 2.45) is 0 Å². The fourth-order valence-corrected chi connectivity index (χ4v) is 3.35. The predicted octanol–water partition coefficient (Wildman–Crippen LogP) is 4.54. The lowest BCUT2D eigenvalue weighted by atomic mass is 10.2. The lowest BCUT2D eigenvalue weighted by Crippen LogP contribution is -2.14. The number of carbonyl (C=O) groups is 1. The van der Waals surface area contributed by atoms with Crippen molar-refractivity contribution in [3.8, 4) is 11.4 Å². The van der Waals surface area contributed by atoms with Gasteiger partial charge in [0.05, 0.1) is 11.3 Å². The molecule has 0 unspecified atom stereocenters. The quantitative estimate of drug-likeness (QED) is 0.472. The van der Waals surface area contributed by atoms with Gasteiger partial charge in [-0.15, -0.1) is 10.2 Å². The number of nitrogens with zero attached hydrogens (tertiary/aromatic N) is 4. The second-order valence-electron chi connectivity index (χ2n) is 6.24. The molecule has 4 rings (SSSR count). The Kier molecular flexibility index (Phi) is 5.40. The average Bonchev–Trinajstić information content (AvgIpc) is 3.16. The largest absolute Gasteiger partial charge is 0.416 e. The van der Waals surface area contributed by atoms with E-state index < -0.39 is 11.7 Å². The van der Waals surface area contributed by atoms with E-state index in [9.17, 15) is 18.0 Å². The van der Waals surface area contributed by atoms with Crippen molar-refractivity contribution in [3.63, 3.8) is 0 Å². The van der Waals surface area contributed by atoms with Crippen LogP contribution in [0.1, 0.15) is 5.56 Å². The Labute approximate surface area is 173 Å². The molecule has 0 aliphatic rings. The van der Waals surface area contributed by atoms with Gasteiger partial charge in [0, 0.05) is 11.3 Å². The maximum atomic E-state index is 12.6. The van der Waals surface area contributed by atoms with Gasteiger partial charge in [0.1, 0.15) is 5.03 Å². The Bertz CT molecular complexity index is 1180. The predicted molar refractivity (Wildman–Crippen MR) is 107 cm³/mol. The van der Waals surface area contributed by atoms with Gasteiger partial charge in [-0.1, -0.05) is 42.1 Å². The van der Waals surface area contributed by atoms with Crippen LogP contribution in [0.4, 0.5) is 18.9 Å². The summed E-state index contributed by atoms with van der Waals surface area (Å²) < 4.78 is 39.4. The number of benzene rings is 2. The molecule has 30 heavy (non-hydrogen) atoms. The van der Waals surface area contributed by atoms with E-state index in [1.54, 1.807) is 16.6 Å². The maximum absolute atomic E-state index is 12.6. The third-order valence-electron chi connectivity index (χ3n) is 4.12. The van der Waals surface area contributed by atoms with Gasteiger partial charge < -0.3 is 5.32 Å². The highest BCUT2D eigenvalue weighted by molar-refractivity contribution is 7.99. The van der Waals surface area contributed by atoms with Gasteiger partial charge in [-0.05, 0) is 36.4 Å². The van der Waals surface area contributed by atoms with E-state index in [1.807, 2.05) is 30.3 Å². The zero-order chi connectivity index (χ0) is 21.1. The molecule has 1 amide bonds. The molecule has 10 heteroatoms. The molecule has 0 spiro atoms. The summed E-state index contributed by atoms with van der Waals surface area (Å²) in [6, 6.07) is 17.3. The van der Waals surface area contributed by atoms with Crippen LogP contribution in [0.5, 0.6) is 0 Å². The number of aromatic nitrogens is 4. The third-order valence-corrected chi connectivity index (χ3v) is 5.04. The van der Waals surface area contributed by atoms with Crippen LogP contribution in [0.3, 0.4) is 0 Å². The fraction of sp³-hybridized carbons (Fsp3) is 0.100. The van der Waals surface area contributed by atoms with E-state index in [1.165, 1.54) is 23.9 Å². The van der Waals surface area contributed by atoms with Crippen LogP contribution in [0.2, 0.25) is 0 Å². The molecule has 2 aromatic carbocycles. The Balaban J connectivity index is 1.43. The topological polar surface area (TPSA) is 72.2 Å². The van der Waals surface area contributed by atoms with Crippen LogP contribution in [-0.2, 0) is 11.0 Å². The van der Waals surface area contributed by atoms with Crippen molar-refractivity contribution < 1.29 is 18.0 Å². The van der Waals surface area contributed by atoms with E-state index in [2.05, 4.69) is 20.6 Å². The molecule has 4 aromatic rings.